The van der Waals surface area contributed by atoms with Gasteiger partial charge in [0.2, 0.25) is 0 Å². The summed E-state index contributed by atoms with van der Waals surface area (Å²) in [4.78, 5) is 11.8. The largest absolute Gasteiger partial charge is 0.494 e. The summed E-state index contributed by atoms with van der Waals surface area (Å²) in [6.07, 6.45) is 4.88. The smallest absolute Gasteiger partial charge is 0.277 e. The molecule has 5 nitrogen and oxygen atoms in total. The van der Waals surface area contributed by atoms with E-state index in [0.29, 0.717) is 22.4 Å². The van der Waals surface area contributed by atoms with Gasteiger partial charge >= 0.3 is 0 Å². The summed E-state index contributed by atoms with van der Waals surface area (Å²) in [7, 11) is 0. The zero-order valence-electron chi connectivity index (χ0n) is 15.1. The lowest BCUT2D eigenvalue weighted by molar-refractivity contribution is -0.123. The molecule has 144 valence electrons. The van der Waals surface area contributed by atoms with Gasteiger partial charge in [-0.3, -0.25) is 4.79 Å². The number of halogens is 2. The molecule has 0 aliphatic heterocycles. The predicted octanol–water partition coefficient (Wildman–Crippen LogP) is 5.09. The van der Waals surface area contributed by atoms with Gasteiger partial charge < -0.3 is 9.47 Å². The van der Waals surface area contributed by atoms with Crippen molar-refractivity contribution in [3.05, 3.63) is 58.1 Å². The maximum atomic E-state index is 11.8. The molecule has 0 unspecified atom stereocenters. The van der Waals surface area contributed by atoms with Crippen LogP contribution in [0.25, 0.3) is 0 Å². The van der Waals surface area contributed by atoms with Crippen LogP contribution in [-0.4, -0.2) is 25.3 Å². The van der Waals surface area contributed by atoms with Crippen molar-refractivity contribution in [2.75, 3.05) is 13.2 Å². The predicted molar refractivity (Wildman–Crippen MR) is 109 cm³/mol. The Kier molecular flexibility index (Phi) is 8.95. The van der Waals surface area contributed by atoms with E-state index in [9.17, 15) is 4.79 Å². The van der Waals surface area contributed by atoms with Gasteiger partial charge in [0, 0.05) is 5.02 Å². The molecule has 0 fully saturated rings. The van der Waals surface area contributed by atoms with Crippen molar-refractivity contribution >= 4 is 35.3 Å². The zero-order chi connectivity index (χ0) is 19.5. The maximum absolute atomic E-state index is 11.8. The first-order valence-corrected chi connectivity index (χ1v) is 9.46. The van der Waals surface area contributed by atoms with Gasteiger partial charge in [-0.2, -0.15) is 5.10 Å². The summed E-state index contributed by atoms with van der Waals surface area (Å²) in [6.45, 7) is 2.63. The Bertz CT molecular complexity index is 782. The van der Waals surface area contributed by atoms with E-state index in [4.69, 9.17) is 32.7 Å². The second-order valence-corrected chi connectivity index (χ2v) is 6.63. The number of rotatable bonds is 10. The molecule has 7 heteroatoms. The highest BCUT2D eigenvalue weighted by atomic mass is 35.5. The second-order valence-electron chi connectivity index (χ2n) is 5.78. The van der Waals surface area contributed by atoms with Crippen molar-refractivity contribution in [3.8, 4) is 11.5 Å². The Labute approximate surface area is 169 Å². The molecule has 0 atom stereocenters. The average molecular weight is 409 g/mol. The molecule has 2 aromatic rings. The molecule has 0 aliphatic carbocycles. The molecule has 0 aromatic heterocycles. The molecule has 0 heterocycles. The topological polar surface area (TPSA) is 59.9 Å². The summed E-state index contributed by atoms with van der Waals surface area (Å²) in [6, 6.07) is 12.3. The van der Waals surface area contributed by atoms with E-state index in [1.54, 1.807) is 24.4 Å². The zero-order valence-corrected chi connectivity index (χ0v) is 16.6. The molecule has 0 radical (unpaired) electrons. The van der Waals surface area contributed by atoms with Crippen LogP contribution in [-0.2, 0) is 4.79 Å². The first-order chi connectivity index (χ1) is 13.1. The summed E-state index contributed by atoms with van der Waals surface area (Å²) >= 11 is 11.8. The number of nitrogens with one attached hydrogen (secondary N) is 1. The molecule has 0 bridgehead atoms. The SMILES string of the molecule is CCCCCOc1cccc(/C=N/NC(=O)COc2ccc(Cl)cc2Cl)c1. The third-order valence-corrected chi connectivity index (χ3v) is 4.06. The first kappa shape index (κ1) is 21.1. The Hall–Kier alpha value is -2.24. The van der Waals surface area contributed by atoms with Crippen LogP contribution in [0.1, 0.15) is 31.7 Å². The summed E-state index contributed by atoms with van der Waals surface area (Å²) in [5.74, 6) is 0.763. The molecule has 2 aromatic carbocycles. The molecule has 0 aliphatic rings. The fraction of sp³-hybridized carbons (Fsp3) is 0.300. The fourth-order valence-electron chi connectivity index (χ4n) is 2.17. The summed E-state index contributed by atoms with van der Waals surface area (Å²) in [5.41, 5.74) is 3.23. The first-order valence-electron chi connectivity index (χ1n) is 8.71. The lowest BCUT2D eigenvalue weighted by Crippen LogP contribution is -2.24. The minimum atomic E-state index is -0.399. The van der Waals surface area contributed by atoms with Crippen LogP contribution in [0, 0.1) is 0 Å². The number of unbranched alkanes of at least 4 members (excludes halogenated alkanes) is 2. The van der Waals surface area contributed by atoms with Gasteiger partial charge in [-0.05, 0) is 42.3 Å². The number of hydrogen-bond acceptors (Lipinski definition) is 4. The Morgan fingerprint density at radius 2 is 2.00 bits per heavy atom. The van der Waals surface area contributed by atoms with E-state index in [1.165, 1.54) is 0 Å². The van der Waals surface area contributed by atoms with Crippen molar-refractivity contribution in [2.45, 2.75) is 26.2 Å². The molecule has 1 amide bonds. The highest BCUT2D eigenvalue weighted by molar-refractivity contribution is 6.35. The standard InChI is InChI=1S/C20H22Cl2N2O3/c1-2-3-4-10-26-17-7-5-6-15(11-17)13-23-24-20(25)14-27-19-9-8-16(21)12-18(19)22/h5-9,11-13H,2-4,10,14H2,1H3,(H,24,25)/b23-13+. The number of nitrogens with zero attached hydrogens (tertiary/aromatic N) is 1. The van der Waals surface area contributed by atoms with Crippen LogP contribution in [0.15, 0.2) is 47.6 Å². The van der Waals surface area contributed by atoms with Gasteiger partial charge in [0.1, 0.15) is 11.5 Å². The van der Waals surface area contributed by atoms with Crippen LogP contribution in [0.5, 0.6) is 11.5 Å². The van der Waals surface area contributed by atoms with Gasteiger partial charge in [-0.15, -0.1) is 0 Å². The lowest BCUT2D eigenvalue weighted by Gasteiger charge is -2.07. The molecular formula is C20H22Cl2N2O3. The number of carbonyl (C=O) groups is 1. The quantitative estimate of drug-likeness (QED) is 0.338. The highest BCUT2D eigenvalue weighted by Gasteiger charge is 2.05. The van der Waals surface area contributed by atoms with Crippen molar-refractivity contribution < 1.29 is 14.3 Å². The van der Waals surface area contributed by atoms with E-state index < -0.39 is 5.91 Å². The van der Waals surface area contributed by atoms with Gasteiger partial charge in [0.05, 0.1) is 17.8 Å². The Balaban J connectivity index is 1.78. The molecule has 0 spiro atoms. The minimum Gasteiger partial charge on any atom is -0.494 e. The highest BCUT2D eigenvalue weighted by Crippen LogP contribution is 2.27. The number of amides is 1. The number of hydrazone groups is 1. The monoisotopic (exact) mass is 408 g/mol. The van der Waals surface area contributed by atoms with Crippen LogP contribution in [0.3, 0.4) is 0 Å². The molecule has 2 rings (SSSR count). The molecule has 0 saturated carbocycles. The number of benzene rings is 2. The van der Waals surface area contributed by atoms with E-state index >= 15 is 0 Å². The van der Waals surface area contributed by atoms with Crippen LogP contribution in [0.2, 0.25) is 10.0 Å². The van der Waals surface area contributed by atoms with Gasteiger partial charge in [0.25, 0.3) is 5.91 Å². The molecular weight excluding hydrogens is 387 g/mol. The molecule has 0 saturated heterocycles. The van der Waals surface area contributed by atoms with E-state index in [2.05, 4.69) is 17.5 Å². The fourth-order valence-corrected chi connectivity index (χ4v) is 2.64. The van der Waals surface area contributed by atoms with Crippen LogP contribution >= 0.6 is 23.2 Å². The lowest BCUT2D eigenvalue weighted by atomic mass is 10.2. The van der Waals surface area contributed by atoms with Crippen molar-refractivity contribution in [2.24, 2.45) is 5.10 Å². The number of hydrogen-bond donors (Lipinski definition) is 1. The third kappa shape index (κ3) is 7.89. The average Bonchev–Trinajstić information content (AvgIpc) is 2.65. The second kappa shape index (κ2) is 11.5. The maximum Gasteiger partial charge on any atom is 0.277 e. The van der Waals surface area contributed by atoms with Gasteiger partial charge in [-0.25, -0.2) is 5.43 Å². The minimum absolute atomic E-state index is 0.209. The molecule has 27 heavy (non-hydrogen) atoms. The van der Waals surface area contributed by atoms with E-state index in [-0.39, 0.29) is 6.61 Å². The van der Waals surface area contributed by atoms with Crippen LogP contribution in [0.4, 0.5) is 0 Å². The third-order valence-electron chi connectivity index (χ3n) is 3.53. The Morgan fingerprint density at radius 1 is 1.15 bits per heavy atom. The van der Waals surface area contributed by atoms with Crippen molar-refractivity contribution in [1.82, 2.24) is 5.43 Å². The normalized spacial score (nSPS) is 10.8. The van der Waals surface area contributed by atoms with Gasteiger partial charge in [0.15, 0.2) is 6.61 Å². The van der Waals surface area contributed by atoms with Gasteiger partial charge in [-0.1, -0.05) is 55.1 Å². The summed E-state index contributed by atoms with van der Waals surface area (Å²) < 4.78 is 11.0. The molecule has 1 N–H and O–H groups in total. The van der Waals surface area contributed by atoms with E-state index in [0.717, 1.165) is 30.6 Å². The van der Waals surface area contributed by atoms with E-state index in [1.807, 2.05) is 24.3 Å². The summed E-state index contributed by atoms with van der Waals surface area (Å²) in [5, 5.41) is 4.77. The van der Waals surface area contributed by atoms with Crippen molar-refractivity contribution in [1.29, 1.82) is 0 Å². The van der Waals surface area contributed by atoms with Crippen molar-refractivity contribution in [3.63, 3.8) is 0 Å². The number of ether oxygens (including phenoxy) is 2. The van der Waals surface area contributed by atoms with Crippen LogP contribution < -0.4 is 14.9 Å². The number of carbonyl (C=O) groups excluding carboxylic acids is 1. The Morgan fingerprint density at radius 3 is 2.78 bits per heavy atom.